The number of fused-ring (bicyclic) bond motifs is 2. The van der Waals surface area contributed by atoms with E-state index in [-0.39, 0.29) is 6.10 Å². The molecule has 2 aromatic rings. The highest BCUT2D eigenvalue weighted by molar-refractivity contribution is 7.99. The Bertz CT molecular complexity index is 589. The molecular formula is C14H12N2OS. The molecule has 1 atom stereocenters. The van der Waals surface area contributed by atoms with Crippen LogP contribution >= 0.6 is 11.8 Å². The molecule has 1 unspecified atom stereocenters. The average molecular weight is 256 g/mol. The van der Waals surface area contributed by atoms with Crippen molar-refractivity contribution in [2.24, 2.45) is 0 Å². The lowest BCUT2D eigenvalue weighted by atomic mass is 10.0. The van der Waals surface area contributed by atoms with Crippen molar-refractivity contribution < 1.29 is 4.74 Å². The van der Waals surface area contributed by atoms with Crippen molar-refractivity contribution in [2.75, 3.05) is 11.2 Å². The molecule has 2 aliphatic rings. The van der Waals surface area contributed by atoms with Crippen LogP contribution in [0.4, 0.5) is 5.69 Å². The zero-order valence-electron chi connectivity index (χ0n) is 9.72. The van der Waals surface area contributed by atoms with Gasteiger partial charge < -0.3 is 10.1 Å². The van der Waals surface area contributed by atoms with Crippen molar-refractivity contribution in [3.63, 3.8) is 0 Å². The van der Waals surface area contributed by atoms with Gasteiger partial charge in [0.05, 0.1) is 12.1 Å². The molecule has 1 N–H and O–H groups in total. The third kappa shape index (κ3) is 1.56. The van der Waals surface area contributed by atoms with Crippen LogP contribution in [0.1, 0.15) is 17.2 Å². The molecule has 0 saturated carbocycles. The van der Waals surface area contributed by atoms with Crippen LogP contribution in [-0.2, 0) is 6.42 Å². The minimum absolute atomic E-state index is 0.127. The third-order valence-corrected chi connectivity index (χ3v) is 4.37. The predicted octanol–water partition coefficient (Wildman–Crippen LogP) is 3.23. The van der Waals surface area contributed by atoms with Gasteiger partial charge in [-0.15, -0.1) is 11.8 Å². The fraction of sp³-hybridized carbons (Fsp3) is 0.214. The molecule has 0 radical (unpaired) electrons. The number of anilines is 1. The summed E-state index contributed by atoms with van der Waals surface area (Å²) >= 11 is 1.84. The number of thioether (sulfide) groups is 1. The number of ether oxygens (including phenoxy) is 1. The number of nitrogens with zero attached hydrogens (tertiary/aromatic N) is 1. The van der Waals surface area contributed by atoms with Gasteiger partial charge in [0, 0.05) is 28.8 Å². The molecule has 90 valence electrons. The largest absolute Gasteiger partial charge is 0.483 e. The van der Waals surface area contributed by atoms with E-state index in [2.05, 4.69) is 28.5 Å². The summed E-state index contributed by atoms with van der Waals surface area (Å²) in [7, 11) is 0. The first kappa shape index (κ1) is 10.3. The summed E-state index contributed by atoms with van der Waals surface area (Å²) in [4.78, 5) is 5.43. The summed E-state index contributed by atoms with van der Waals surface area (Å²) in [6, 6.07) is 8.60. The summed E-state index contributed by atoms with van der Waals surface area (Å²) in [5, 5.41) is 3.38. The van der Waals surface area contributed by atoms with Gasteiger partial charge in [-0.1, -0.05) is 6.07 Å². The average Bonchev–Trinajstić information content (AvgIpc) is 3.04. The minimum Gasteiger partial charge on any atom is -0.483 e. The van der Waals surface area contributed by atoms with E-state index in [9.17, 15) is 0 Å². The first-order chi connectivity index (χ1) is 8.90. The highest BCUT2D eigenvalue weighted by atomic mass is 32.2. The van der Waals surface area contributed by atoms with Gasteiger partial charge >= 0.3 is 0 Å². The molecule has 0 fully saturated rings. The van der Waals surface area contributed by atoms with Crippen LogP contribution in [0.15, 0.2) is 41.6 Å². The Morgan fingerprint density at radius 2 is 2.33 bits per heavy atom. The maximum Gasteiger partial charge on any atom is 0.141 e. The molecule has 4 rings (SSSR count). The number of rotatable bonds is 1. The van der Waals surface area contributed by atoms with Crippen LogP contribution in [0.2, 0.25) is 0 Å². The van der Waals surface area contributed by atoms with Crippen LogP contribution in [0.3, 0.4) is 0 Å². The van der Waals surface area contributed by atoms with Gasteiger partial charge in [-0.3, -0.25) is 4.98 Å². The SMILES string of the molecule is c1cc2c(cn1)OC(c1ccc3c(c1)NCS3)C2. The van der Waals surface area contributed by atoms with Crippen molar-refractivity contribution in [2.45, 2.75) is 17.4 Å². The van der Waals surface area contributed by atoms with E-state index >= 15 is 0 Å². The van der Waals surface area contributed by atoms with E-state index in [0.717, 1.165) is 18.0 Å². The highest BCUT2D eigenvalue weighted by Gasteiger charge is 2.25. The van der Waals surface area contributed by atoms with Crippen LogP contribution < -0.4 is 10.1 Å². The molecule has 4 heteroatoms. The molecule has 1 aromatic heterocycles. The van der Waals surface area contributed by atoms with Crippen LogP contribution in [0.5, 0.6) is 5.75 Å². The normalized spacial score (nSPS) is 19.9. The molecular weight excluding hydrogens is 244 g/mol. The van der Waals surface area contributed by atoms with E-state index in [1.165, 1.54) is 21.7 Å². The van der Waals surface area contributed by atoms with Gasteiger partial charge in [-0.05, 0) is 23.8 Å². The lowest BCUT2D eigenvalue weighted by Crippen LogP contribution is -2.03. The Labute approximate surface area is 110 Å². The van der Waals surface area contributed by atoms with Crippen LogP contribution in [0.25, 0.3) is 0 Å². The first-order valence-electron chi connectivity index (χ1n) is 6.00. The van der Waals surface area contributed by atoms with E-state index in [0.29, 0.717) is 0 Å². The standard InChI is InChI=1S/C14H12N2OS/c1-2-14-11(16-8-18-14)5-9(1)12-6-10-3-4-15-7-13(10)17-12/h1-5,7,12,16H,6,8H2. The van der Waals surface area contributed by atoms with Gasteiger partial charge in [-0.25, -0.2) is 0 Å². The maximum atomic E-state index is 5.96. The zero-order valence-corrected chi connectivity index (χ0v) is 10.5. The number of benzene rings is 1. The fourth-order valence-corrected chi connectivity index (χ4v) is 3.30. The van der Waals surface area contributed by atoms with Crippen LogP contribution in [0, 0.1) is 0 Å². The lowest BCUT2D eigenvalue weighted by molar-refractivity contribution is 0.238. The molecule has 1 aromatic carbocycles. The first-order valence-corrected chi connectivity index (χ1v) is 6.99. The fourth-order valence-electron chi connectivity index (χ4n) is 2.47. The summed E-state index contributed by atoms with van der Waals surface area (Å²) < 4.78 is 5.96. The van der Waals surface area contributed by atoms with Crippen molar-refractivity contribution in [3.05, 3.63) is 47.8 Å². The molecule has 0 amide bonds. The summed E-state index contributed by atoms with van der Waals surface area (Å²) in [6.45, 7) is 0. The van der Waals surface area contributed by atoms with Crippen molar-refractivity contribution in [3.8, 4) is 5.75 Å². The Morgan fingerprint density at radius 1 is 1.33 bits per heavy atom. The van der Waals surface area contributed by atoms with Crippen molar-refractivity contribution in [1.82, 2.24) is 4.98 Å². The quantitative estimate of drug-likeness (QED) is 0.849. The van der Waals surface area contributed by atoms with E-state index in [1.54, 1.807) is 6.20 Å². The molecule has 0 bridgehead atoms. The van der Waals surface area contributed by atoms with Crippen LogP contribution in [-0.4, -0.2) is 10.9 Å². The molecule has 2 aliphatic heterocycles. The van der Waals surface area contributed by atoms with Gasteiger partial charge in [0.25, 0.3) is 0 Å². The van der Waals surface area contributed by atoms with Gasteiger partial charge in [-0.2, -0.15) is 0 Å². The second kappa shape index (κ2) is 3.92. The molecule has 18 heavy (non-hydrogen) atoms. The summed E-state index contributed by atoms with van der Waals surface area (Å²) in [6.07, 6.45) is 4.69. The van der Waals surface area contributed by atoms with Crippen molar-refractivity contribution in [1.29, 1.82) is 0 Å². The number of nitrogens with one attached hydrogen (secondary N) is 1. The predicted molar refractivity (Wildman–Crippen MR) is 72.1 cm³/mol. The molecule has 0 aliphatic carbocycles. The molecule has 3 heterocycles. The Morgan fingerprint density at radius 3 is 3.28 bits per heavy atom. The van der Waals surface area contributed by atoms with Crippen molar-refractivity contribution >= 4 is 17.4 Å². The number of aromatic nitrogens is 1. The Kier molecular flexibility index (Phi) is 2.23. The molecule has 0 saturated heterocycles. The highest BCUT2D eigenvalue weighted by Crippen LogP contribution is 2.40. The van der Waals surface area contributed by atoms with E-state index in [1.807, 2.05) is 24.0 Å². The number of hydrogen-bond acceptors (Lipinski definition) is 4. The number of hydrogen-bond donors (Lipinski definition) is 1. The summed E-state index contributed by atoms with van der Waals surface area (Å²) in [5.41, 5.74) is 3.72. The summed E-state index contributed by atoms with van der Waals surface area (Å²) in [5.74, 6) is 1.89. The minimum atomic E-state index is 0.127. The second-order valence-corrected chi connectivity index (χ2v) is 5.53. The topological polar surface area (TPSA) is 34.1 Å². The van der Waals surface area contributed by atoms with E-state index in [4.69, 9.17) is 4.74 Å². The third-order valence-electron chi connectivity index (χ3n) is 3.41. The zero-order chi connectivity index (χ0) is 11.9. The molecule has 3 nitrogen and oxygen atoms in total. The second-order valence-electron chi connectivity index (χ2n) is 4.52. The smallest absolute Gasteiger partial charge is 0.141 e. The van der Waals surface area contributed by atoms with Gasteiger partial charge in [0.1, 0.15) is 11.9 Å². The molecule has 0 spiro atoms. The number of pyridine rings is 1. The van der Waals surface area contributed by atoms with Gasteiger partial charge in [0.2, 0.25) is 0 Å². The lowest BCUT2D eigenvalue weighted by Gasteiger charge is -2.12. The Balaban J connectivity index is 1.66. The van der Waals surface area contributed by atoms with Gasteiger partial charge in [0.15, 0.2) is 0 Å². The van der Waals surface area contributed by atoms with E-state index < -0.39 is 0 Å². The maximum absolute atomic E-state index is 5.96. The Hall–Kier alpha value is -1.68. The monoisotopic (exact) mass is 256 g/mol.